The molecule has 2 amide bonds. The molecule has 1 aliphatic heterocycles. The quantitative estimate of drug-likeness (QED) is 0.338. The SMILES string of the molecule is CC(=O)Nc1ccc(C(=O)O)cc1.CC(=O)Nc1ccc(C(=O)O)cc1.CC1CNCCc2ccccc21. The average molecular weight is 520 g/mol. The molecule has 3 aromatic carbocycles. The molecule has 3 aromatic rings. The third kappa shape index (κ3) is 10.2. The molecule has 1 heterocycles. The van der Waals surface area contributed by atoms with Gasteiger partial charge in [-0.2, -0.15) is 0 Å². The minimum atomic E-state index is -0.977. The fraction of sp³-hybridized carbons (Fsp3) is 0.241. The molecule has 0 aliphatic carbocycles. The number of fused-ring (bicyclic) bond motifs is 1. The number of anilines is 2. The summed E-state index contributed by atoms with van der Waals surface area (Å²) in [6, 6.07) is 20.7. The van der Waals surface area contributed by atoms with E-state index in [2.05, 4.69) is 47.1 Å². The van der Waals surface area contributed by atoms with Crippen molar-refractivity contribution in [1.29, 1.82) is 0 Å². The van der Waals surface area contributed by atoms with Crippen molar-refractivity contribution in [2.75, 3.05) is 23.7 Å². The van der Waals surface area contributed by atoms with Gasteiger partial charge in [0.05, 0.1) is 11.1 Å². The summed E-state index contributed by atoms with van der Waals surface area (Å²) in [7, 11) is 0. The van der Waals surface area contributed by atoms with E-state index in [0.717, 1.165) is 13.1 Å². The summed E-state index contributed by atoms with van der Waals surface area (Å²) < 4.78 is 0. The number of carbonyl (C=O) groups is 4. The molecule has 9 heteroatoms. The van der Waals surface area contributed by atoms with Gasteiger partial charge < -0.3 is 26.2 Å². The van der Waals surface area contributed by atoms with E-state index in [1.54, 1.807) is 24.3 Å². The van der Waals surface area contributed by atoms with Gasteiger partial charge in [-0.3, -0.25) is 9.59 Å². The molecule has 0 fully saturated rings. The molecule has 0 radical (unpaired) electrons. The van der Waals surface area contributed by atoms with Gasteiger partial charge in [0, 0.05) is 31.8 Å². The molecule has 0 aromatic heterocycles. The van der Waals surface area contributed by atoms with Crippen molar-refractivity contribution in [2.24, 2.45) is 0 Å². The van der Waals surface area contributed by atoms with Crippen LogP contribution in [0.1, 0.15) is 58.5 Å². The van der Waals surface area contributed by atoms with Crippen molar-refractivity contribution in [3.63, 3.8) is 0 Å². The summed E-state index contributed by atoms with van der Waals surface area (Å²) in [6.45, 7) is 7.33. The van der Waals surface area contributed by atoms with Crippen molar-refractivity contribution < 1.29 is 29.4 Å². The molecule has 0 saturated carbocycles. The number of carboxylic acid groups (broad SMARTS) is 2. The first kappa shape index (κ1) is 29.7. The lowest BCUT2D eigenvalue weighted by Crippen LogP contribution is -2.18. The molecule has 0 saturated heterocycles. The zero-order valence-electron chi connectivity index (χ0n) is 21.7. The van der Waals surface area contributed by atoms with E-state index in [4.69, 9.17) is 10.2 Å². The minimum absolute atomic E-state index is 0.178. The number of aromatic carboxylic acids is 2. The van der Waals surface area contributed by atoms with Crippen molar-refractivity contribution in [3.8, 4) is 0 Å². The molecule has 38 heavy (non-hydrogen) atoms. The Bertz CT molecular complexity index is 1170. The van der Waals surface area contributed by atoms with Gasteiger partial charge in [0.15, 0.2) is 0 Å². The maximum atomic E-state index is 10.6. The number of hydrogen-bond donors (Lipinski definition) is 5. The Balaban J connectivity index is 0.000000200. The van der Waals surface area contributed by atoms with Crippen molar-refractivity contribution in [1.82, 2.24) is 5.32 Å². The Morgan fingerprint density at radius 2 is 1.18 bits per heavy atom. The zero-order valence-corrected chi connectivity index (χ0v) is 21.7. The van der Waals surface area contributed by atoms with Crippen molar-refractivity contribution in [3.05, 3.63) is 95.1 Å². The van der Waals surface area contributed by atoms with Gasteiger partial charge >= 0.3 is 11.9 Å². The molecule has 200 valence electrons. The lowest BCUT2D eigenvalue weighted by atomic mass is 9.96. The topological polar surface area (TPSA) is 145 Å². The van der Waals surface area contributed by atoms with Crippen LogP contribution in [0.2, 0.25) is 0 Å². The molecular formula is C29H33N3O6. The van der Waals surface area contributed by atoms with E-state index in [-0.39, 0.29) is 22.9 Å². The second kappa shape index (κ2) is 14.9. The molecule has 0 spiro atoms. The molecule has 4 rings (SSSR count). The summed E-state index contributed by atoms with van der Waals surface area (Å²) in [6.07, 6.45) is 1.18. The smallest absolute Gasteiger partial charge is 0.335 e. The Morgan fingerprint density at radius 3 is 1.61 bits per heavy atom. The number of benzene rings is 3. The van der Waals surface area contributed by atoms with Gasteiger partial charge in [0.25, 0.3) is 0 Å². The predicted octanol–water partition coefficient (Wildman–Crippen LogP) is 4.62. The molecule has 5 N–H and O–H groups in total. The van der Waals surface area contributed by atoms with E-state index in [0.29, 0.717) is 17.3 Å². The molecule has 1 atom stereocenters. The number of carbonyl (C=O) groups excluding carboxylic acids is 2. The molecular weight excluding hydrogens is 486 g/mol. The Hall–Kier alpha value is -4.50. The Morgan fingerprint density at radius 1 is 0.737 bits per heavy atom. The highest BCUT2D eigenvalue weighted by Crippen LogP contribution is 2.21. The molecule has 1 aliphatic rings. The number of rotatable bonds is 4. The van der Waals surface area contributed by atoms with Crippen LogP contribution in [0.25, 0.3) is 0 Å². The van der Waals surface area contributed by atoms with E-state index in [9.17, 15) is 19.2 Å². The first-order chi connectivity index (χ1) is 18.1. The highest BCUT2D eigenvalue weighted by atomic mass is 16.4. The third-order valence-electron chi connectivity index (χ3n) is 5.51. The van der Waals surface area contributed by atoms with Crippen LogP contribution in [0.4, 0.5) is 11.4 Å². The summed E-state index contributed by atoms with van der Waals surface area (Å²) >= 11 is 0. The van der Waals surface area contributed by atoms with Gasteiger partial charge in [0.1, 0.15) is 0 Å². The monoisotopic (exact) mass is 519 g/mol. The van der Waals surface area contributed by atoms with Gasteiger partial charge in [-0.05, 0) is 78.5 Å². The van der Waals surface area contributed by atoms with E-state index in [1.807, 2.05) is 0 Å². The fourth-order valence-electron chi connectivity index (χ4n) is 3.69. The Labute approximate surface area is 221 Å². The van der Waals surface area contributed by atoms with Crippen LogP contribution in [0.15, 0.2) is 72.8 Å². The second-order valence-electron chi connectivity index (χ2n) is 8.68. The van der Waals surface area contributed by atoms with Gasteiger partial charge in [-0.15, -0.1) is 0 Å². The summed E-state index contributed by atoms with van der Waals surface area (Å²) in [4.78, 5) is 42.1. The lowest BCUT2D eigenvalue weighted by Gasteiger charge is -2.10. The minimum Gasteiger partial charge on any atom is -0.478 e. The molecule has 9 nitrogen and oxygen atoms in total. The summed E-state index contributed by atoms with van der Waals surface area (Å²) in [5.41, 5.74) is 4.65. The van der Waals surface area contributed by atoms with Gasteiger partial charge in [-0.25, -0.2) is 9.59 Å². The summed E-state index contributed by atoms with van der Waals surface area (Å²) in [5, 5.41) is 25.7. The largest absolute Gasteiger partial charge is 0.478 e. The van der Waals surface area contributed by atoms with E-state index >= 15 is 0 Å². The van der Waals surface area contributed by atoms with E-state index in [1.165, 1.54) is 55.7 Å². The maximum Gasteiger partial charge on any atom is 0.335 e. The van der Waals surface area contributed by atoms with Gasteiger partial charge in [0.2, 0.25) is 11.8 Å². The van der Waals surface area contributed by atoms with E-state index < -0.39 is 11.9 Å². The number of hydrogen-bond acceptors (Lipinski definition) is 5. The van der Waals surface area contributed by atoms with Crippen LogP contribution in [-0.4, -0.2) is 47.1 Å². The Kier molecular flexibility index (Phi) is 11.7. The number of carboxylic acids is 2. The number of amides is 2. The van der Waals surface area contributed by atoms with Crippen LogP contribution in [0.5, 0.6) is 0 Å². The highest BCUT2D eigenvalue weighted by molar-refractivity contribution is 5.92. The fourth-order valence-corrected chi connectivity index (χ4v) is 3.69. The number of nitrogens with one attached hydrogen (secondary N) is 3. The normalized spacial score (nSPS) is 13.6. The third-order valence-corrected chi connectivity index (χ3v) is 5.51. The second-order valence-corrected chi connectivity index (χ2v) is 8.68. The van der Waals surface area contributed by atoms with Crippen molar-refractivity contribution in [2.45, 2.75) is 33.1 Å². The summed E-state index contributed by atoms with van der Waals surface area (Å²) in [5.74, 6) is -1.64. The maximum absolute atomic E-state index is 10.6. The van der Waals surface area contributed by atoms with Crippen LogP contribution in [0, 0.1) is 0 Å². The van der Waals surface area contributed by atoms with Crippen LogP contribution in [-0.2, 0) is 16.0 Å². The first-order valence-electron chi connectivity index (χ1n) is 12.1. The predicted molar refractivity (Wildman–Crippen MR) is 147 cm³/mol. The molecule has 1 unspecified atom stereocenters. The van der Waals surface area contributed by atoms with Gasteiger partial charge in [-0.1, -0.05) is 31.2 Å². The van der Waals surface area contributed by atoms with Crippen molar-refractivity contribution >= 4 is 35.1 Å². The highest BCUT2D eigenvalue weighted by Gasteiger charge is 2.12. The van der Waals surface area contributed by atoms with Crippen LogP contribution >= 0.6 is 0 Å². The average Bonchev–Trinajstić information content (AvgIpc) is 3.06. The van der Waals surface area contributed by atoms with Crippen LogP contribution < -0.4 is 16.0 Å². The first-order valence-corrected chi connectivity index (χ1v) is 12.1. The zero-order chi connectivity index (χ0) is 28.1. The van der Waals surface area contributed by atoms with Crippen LogP contribution in [0.3, 0.4) is 0 Å². The lowest BCUT2D eigenvalue weighted by molar-refractivity contribution is -0.115. The standard InChI is InChI=1S/C11H15N.2C9H9NO3/c1-9-8-12-7-6-10-4-2-3-5-11(9)10;2*1-6(11)10-8-4-2-7(3-5-8)9(12)13/h2-5,9,12H,6-8H2,1H3;2*2-5H,1H3,(H,10,11)(H,12,13). The molecule has 0 bridgehead atoms.